The van der Waals surface area contributed by atoms with Crippen molar-refractivity contribution in [1.29, 1.82) is 0 Å². The first kappa shape index (κ1) is 17.2. The summed E-state index contributed by atoms with van der Waals surface area (Å²) in [6.07, 6.45) is 4.66. The maximum absolute atomic E-state index is 12.6. The minimum Gasteiger partial charge on any atom is -0.498 e. The molecule has 1 aliphatic rings. The third kappa shape index (κ3) is 4.59. The summed E-state index contributed by atoms with van der Waals surface area (Å²) >= 11 is 0. The van der Waals surface area contributed by atoms with Gasteiger partial charge in [0.25, 0.3) is 6.43 Å². The fourth-order valence-corrected chi connectivity index (χ4v) is 2.04. The van der Waals surface area contributed by atoms with Crippen molar-refractivity contribution >= 4 is 0 Å². The van der Waals surface area contributed by atoms with Gasteiger partial charge in [0.15, 0.2) is 0 Å². The predicted molar refractivity (Wildman–Crippen MR) is 82.5 cm³/mol. The zero-order valence-corrected chi connectivity index (χ0v) is 12.9. The van der Waals surface area contributed by atoms with Crippen LogP contribution >= 0.6 is 0 Å². The molecule has 1 atom stereocenters. The van der Waals surface area contributed by atoms with Crippen LogP contribution in [-0.2, 0) is 4.74 Å². The average molecular weight is 295 g/mol. The Morgan fingerprint density at radius 3 is 2.57 bits per heavy atom. The number of nitrogens with zero attached hydrogens (tertiary/aromatic N) is 1. The highest BCUT2D eigenvalue weighted by atomic mass is 19.3. The largest absolute Gasteiger partial charge is 0.498 e. The third-order valence-electron chi connectivity index (χ3n) is 3.43. The number of rotatable bonds is 7. The molecule has 0 aliphatic carbocycles. The lowest BCUT2D eigenvalue weighted by Gasteiger charge is -2.25. The molecule has 0 amide bonds. The van der Waals surface area contributed by atoms with Crippen LogP contribution in [0.3, 0.4) is 0 Å². The summed E-state index contributed by atoms with van der Waals surface area (Å²) in [7, 11) is 0. The maximum Gasteiger partial charge on any atom is 0.263 e. The number of hydrogen-bond donors (Lipinski definition) is 0. The normalized spacial score (nSPS) is 17.0. The van der Waals surface area contributed by atoms with Crippen molar-refractivity contribution in [1.82, 2.24) is 4.90 Å². The fraction of sp³-hybridized carbons (Fsp3) is 0.412. The molecule has 4 heteroatoms. The smallest absolute Gasteiger partial charge is 0.263 e. The Labute approximate surface area is 125 Å². The first-order valence-electron chi connectivity index (χ1n) is 7.08. The Kier molecular flexibility index (Phi) is 6.40. The van der Waals surface area contributed by atoms with Gasteiger partial charge in [-0.25, -0.2) is 8.78 Å². The zero-order chi connectivity index (χ0) is 16.0. The fourth-order valence-electron chi connectivity index (χ4n) is 2.04. The van der Waals surface area contributed by atoms with Gasteiger partial charge in [0.2, 0.25) is 0 Å². The van der Waals surface area contributed by atoms with Crippen LogP contribution in [-0.4, -0.2) is 17.9 Å². The SMILES string of the molecule is C=C(OCC)C(C)/C(=C/N1C=CC(C(F)F)=CC1=C)CC. The molecule has 0 aromatic carbocycles. The van der Waals surface area contributed by atoms with Crippen molar-refractivity contribution in [3.05, 3.63) is 60.3 Å². The van der Waals surface area contributed by atoms with Gasteiger partial charge in [0.05, 0.1) is 12.4 Å². The topological polar surface area (TPSA) is 12.5 Å². The molecule has 0 radical (unpaired) electrons. The molecule has 116 valence electrons. The minimum absolute atomic E-state index is 0.0190. The summed E-state index contributed by atoms with van der Waals surface area (Å²) < 4.78 is 30.7. The van der Waals surface area contributed by atoms with Gasteiger partial charge >= 0.3 is 0 Å². The van der Waals surface area contributed by atoms with Crippen LogP contribution in [0, 0.1) is 5.92 Å². The van der Waals surface area contributed by atoms with E-state index in [1.807, 2.05) is 27.0 Å². The summed E-state index contributed by atoms with van der Waals surface area (Å²) in [6, 6.07) is 0. The van der Waals surface area contributed by atoms with E-state index >= 15 is 0 Å². The molecule has 1 unspecified atom stereocenters. The van der Waals surface area contributed by atoms with Crippen molar-refractivity contribution in [3.8, 4) is 0 Å². The molecule has 0 saturated heterocycles. The highest BCUT2D eigenvalue weighted by Gasteiger charge is 2.17. The van der Waals surface area contributed by atoms with Crippen LogP contribution in [0.5, 0.6) is 0 Å². The van der Waals surface area contributed by atoms with Gasteiger partial charge in [-0.05, 0) is 31.1 Å². The van der Waals surface area contributed by atoms with Gasteiger partial charge in [0.1, 0.15) is 0 Å². The quantitative estimate of drug-likeness (QED) is 0.613. The van der Waals surface area contributed by atoms with E-state index in [0.29, 0.717) is 18.1 Å². The van der Waals surface area contributed by atoms with Crippen LogP contribution in [0.4, 0.5) is 8.78 Å². The summed E-state index contributed by atoms with van der Waals surface area (Å²) in [4.78, 5) is 1.75. The van der Waals surface area contributed by atoms with E-state index in [1.54, 1.807) is 11.1 Å². The molecule has 0 bridgehead atoms. The Morgan fingerprint density at radius 2 is 2.10 bits per heavy atom. The number of ether oxygens (including phenoxy) is 1. The lowest BCUT2D eigenvalue weighted by Crippen LogP contribution is -2.15. The molecule has 0 aromatic rings. The number of hydrogen-bond acceptors (Lipinski definition) is 2. The number of allylic oxidation sites excluding steroid dienone is 4. The lowest BCUT2D eigenvalue weighted by molar-refractivity contribution is 0.193. The summed E-state index contributed by atoms with van der Waals surface area (Å²) in [5.74, 6) is 0.776. The van der Waals surface area contributed by atoms with E-state index in [0.717, 1.165) is 12.0 Å². The highest BCUT2D eigenvalue weighted by molar-refractivity contribution is 5.37. The van der Waals surface area contributed by atoms with Crippen molar-refractivity contribution in [3.63, 3.8) is 0 Å². The molecule has 0 saturated carbocycles. The van der Waals surface area contributed by atoms with Gasteiger partial charge in [-0.1, -0.05) is 27.0 Å². The Morgan fingerprint density at radius 1 is 1.43 bits per heavy atom. The minimum atomic E-state index is -2.48. The van der Waals surface area contributed by atoms with E-state index in [2.05, 4.69) is 13.2 Å². The molecule has 0 spiro atoms. The Balaban J connectivity index is 2.88. The second-order valence-corrected chi connectivity index (χ2v) is 4.84. The molecular weight excluding hydrogens is 272 g/mol. The second kappa shape index (κ2) is 7.81. The van der Waals surface area contributed by atoms with Crippen molar-refractivity contribution < 1.29 is 13.5 Å². The van der Waals surface area contributed by atoms with E-state index < -0.39 is 6.43 Å². The number of alkyl halides is 2. The van der Waals surface area contributed by atoms with E-state index in [4.69, 9.17) is 4.74 Å². The van der Waals surface area contributed by atoms with Gasteiger partial charge in [-0.15, -0.1) is 0 Å². The first-order chi connectivity index (χ1) is 9.90. The van der Waals surface area contributed by atoms with Crippen molar-refractivity contribution in [2.24, 2.45) is 5.92 Å². The monoisotopic (exact) mass is 295 g/mol. The molecular formula is C17H23F2NO. The standard InChI is InChI=1S/C17H23F2NO/c1-6-15(13(4)14(5)21-7-2)11-20-9-8-16(17(18)19)10-12(20)3/h8-11,13,17H,3,5-7H2,1-2,4H3/b15-11+. The van der Waals surface area contributed by atoms with Gasteiger partial charge in [-0.3, -0.25) is 0 Å². The summed E-state index contributed by atoms with van der Waals surface area (Å²) in [5.41, 5.74) is 1.61. The molecule has 1 rings (SSSR count). The Bertz CT molecular complexity index is 489. The lowest BCUT2D eigenvalue weighted by atomic mass is 9.97. The Hall–Kier alpha value is -1.84. The van der Waals surface area contributed by atoms with Gasteiger partial charge in [0, 0.05) is 29.6 Å². The van der Waals surface area contributed by atoms with Crippen LogP contribution in [0.25, 0.3) is 0 Å². The second-order valence-electron chi connectivity index (χ2n) is 4.84. The van der Waals surface area contributed by atoms with E-state index in [9.17, 15) is 8.78 Å². The molecule has 1 aliphatic heterocycles. The molecule has 0 fully saturated rings. The van der Waals surface area contributed by atoms with Crippen LogP contribution < -0.4 is 0 Å². The summed E-state index contributed by atoms with van der Waals surface area (Å²) in [5, 5.41) is 0. The molecule has 2 nitrogen and oxygen atoms in total. The average Bonchev–Trinajstić information content (AvgIpc) is 2.45. The molecule has 21 heavy (non-hydrogen) atoms. The van der Waals surface area contributed by atoms with Crippen LogP contribution in [0.2, 0.25) is 0 Å². The molecule has 0 N–H and O–H groups in total. The van der Waals surface area contributed by atoms with E-state index in [-0.39, 0.29) is 11.5 Å². The van der Waals surface area contributed by atoms with Crippen molar-refractivity contribution in [2.75, 3.05) is 6.61 Å². The van der Waals surface area contributed by atoms with Crippen LogP contribution in [0.1, 0.15) is 27.2 Å². The molecule has 1 heterocycles. The van der Waals surface area contributed by atoms with Gasteiger partial charge in [-0.2, -0.15) is 0 Å². The summed E-state index contributed by atoms with van der Waals surface area (Å²) in [6.45, 7) is 14.3. The van der Waals surface area contributed by atoms with Crippen LogP contribution in [0.15, 0.2) is 60.3 Å². The van der Waals surface area contributed by atoms with Crippen molar-refractivity contribution in [2.45, 2.75) is 33.6 Å². The van der Waals surface area contributed by atoms with Gasteiger partial charge < -0.3 is 9.64 Å². The highest BCUT2D eigenvalue weighted by Crippen LogP contribution is 2.26. The third-order valence-corrected chi connectivity index (χ3v) is 3.43. The molecule has 0 aromatic heterocycles. The van der Waals surface area contributed by atoms with E-state index in [1.165, 1.54) is 12.2 Å². The predicted octanol–water partition coefficient (Wildman–Crippen LogP) is 5.00. The first-order valence-corrected chi connectivity index (χ1v) is 7.08. The number of halogens is 2. The maximum atomic E-state index is 12.6. The zero-order valence-electron chi connectivity index (χ0n) is 12.9.